The zero-order valence-corrected chi connectivity index (χ0v) is 18.9. The molecule has 10 heteroatoms. The van der Waals surface area contributed by atoms with E-state index < -0.39 is 28.0 Å². The van der Waals surface area contributed by atoms with Crippen molar-refractivity contribution >= 4 is 39.2 Å². The number of hydrogen-bond donors (Lipinski definition) is 2. The first kappa shape index (κ1) is 23.4. The molecule has 2 aromatic rings. The molecule has 3 rings (SSSR count). The summed E-state index contributed by atoms with van der Waals surface area (Å²) in [5.41, 5.74) is 2.82. The fraction of sp³-hybridized carbons (Fsp3) is 0.318. The molecular formula is C22H25N3O6S. The first-order chi connectivity index (χ1) is 15.1. The Bertz CT molecular complexity index is 1160. The molecule has 0 bridgehead atoms. The highest BCUT2D eigenvalue weighted by atomic mass is 32.2. The van der Waals surface area contributed by atoms with E-state index in [1.165, 1.54) is 17.9 Å². The van der Waals surface area contributed by atoms with Gasteiger partial charge in [0.1, 0.15) is 6.54 Å². The highest BCUT2D eigenvalue weighted by Crippen LogP contribution is 2.29. The summed E-state index contributed by atoms with van der Waals surface area (Å²) in [6.07, 6.45) is -1.39. The maximum atomic E-state index is 12.8. The topological polar surface area (TPSA) is 122 Å². The summed E-state index contributed by atoms with van der Waals surface area (Å²) in [5.74, 6) is -1.63. The van der Waals surface area contributed by atoms with Crippen molar-refractivity contribution in [3.05, 3.63) is 53.6 Å². The third kappa shape index (κ3) is 5.32. The van der Waals surface area contributed by atoms with E-state index in [9.17, 15) is 22.8 Å². The van der Waals surface area contributed by atoms with Crippen molar-refractivity contribution in [1.82, 2.24) is 4.72 Å². The number of benzene rings is 2. The van der Waals surface area contributed by atoms with Crippen molar-refractivity contribution < 1.29 is 27.5 Å². The standard InChI is InChI=1S/C22H25N3O6S/c1-14-8-9-17(12-15(14)2)32(29,30)23-11-10-21(27)31-16(3)22(28)25-13-20(26)24-18-6-4-5-7-19(18)25/h4-9,12,16,23H,10-11,13H2,1-3H3,(H,24,26). The average molecular weight is 460 g/mol. The molecule has 9 nitrogen and oxygen atoms in total. The first-order valence-electron chi connectivity index (χ1n) is 10.0. The van der Waals surface area contributed by atoms with Crippen molar-refractivity contribution in [2.24, 2.45) is 0 Å². The minimum absolute atomic E-state index is 0.111. The van der Waals surface area contributed by atoms with Crippen molar-refractivity contribution in [1.29, 1.82) is 0 Å². The van der Waals surface area contributed by atoms with Gasteiger partial charge >= 0.3 is 5.97 Å². The SMILES string of the molecule is Cc1ccc(S(=O)(=O)NCCC(=O)OC(C)C(=O)N2CC(=O)Nc3ccccc32)cc1C. The van der Waals surface area contributed by atoms with E-state index in [0.717, 1.165) is 11.1 Å². The molecule has 0 saturated heterocycles. The number of aryl methyl sites for hydroxylation is 2. The molecule has 0 aromatic heterocycles. The van der Waals surface area contributed by atoms with Gasteiger partial charge in [-0.25, -0.2) is 13.1 Å². The highest BCUT2D eigenvalue weighted by Gasteiger charge is 2.31. The number of carbonyl (C=O) groups is 3. The summed E-state index contributed by atoms with van der Waals surface area (Å²) in [6.45, 7) is 4.74. The van der Waals surface area contributed by atoms with Crippen LogP contribution in [0.3, 0.4) is 0 Å². The van der Waals surface area contributed by atoms with Crippen LogP contribution in [0.25, 0.3) is 0 Å². The van der Waals surface area contributed by atoms with Crippen molar-refractivity contribution in [3.63, 3.8) is 0 Å². The van der Waals surface area contributed by atoms with Crippen LogP contribution < -0.4 is 14.9 Å². The van der Waals surface area contributed by atoms with Crippen molar-refractivity contribution in [2.45, 2.75) is 38.2 Å². The van der Waals surface area contributed by atoms with Crippen LogP contribution in [0, 0.1) is 13.8 Å². The van der Waals surface area contributed by atoms with E-state index in [-0.39, 0.29) is 30.3 Å². The summed E-state index contributed by atoms with van der Waals surface area (Å²) < 4.78 is 32.3. The van der Waals surface area contributed by atoms with E-state index in [2.05, 4.69) is 10.0 Å². The molecule has 1 aliphatic heterocycles. The number of para-hydroxylation sites is 2. The van der Waals surface area contributed by atoms with Gasteiger partial charge in [0.05, 0.1) is 22.7 Å². The molecule has 32 heavy (non-hydrogen) atoms. The lowest BCUT2D eigenvalue weighted by atomic mass is 10.1. The van der Waals surface area contributed by atoms with E-state index in [1.54, 1.807) is 36.4 Å². The monoisotopic (exact) mass is 459 g/mol. The molecule has 0 spiro atoms. The third-order valence-electron chi connectivity index (χ3n) is 5.10. The normalized spacial score (nSPS) is 14.3. The number of fused-ring (bicyclic) bond motifs is 1. The maximum absolute atomic E-state index is 12.8. The van der Waals surface area contributed by atoms with Gasteiger partial charge in [0.15, 0.2) is 6.10 Å². The molecule has 2 N–H and O–H groups in total. The van der Waals surface area contributed by atoms with Crippen LogP contribution in [0.2, 0.25) is 0 Å². The van der Waals surface area contributed by atoms with Gasteiger partial charge in [-0.15, -0.1) is 0 Å². The van der Waals surface area contributed by atoms with Crippen LogP contribution in [0.5, 0.6) is 0 Å². The van der Waals surface area contributed by atoms with E-state index >= 15 is 0 Å². The number of anilines is 2. The summed E-state index contributed by atoms with van der Waals surface area (Å²) in [6, 6.07) is 11.6. The minimum Gasteiger partial charge on any atom is -0.452 e. The minimum atomic E-state index is -3.77. The molecule has 170 valence electrons. The predicted molar refractivity (Wildman–Crippen MR) is 119 cm³/mol. The maximum Gasteiger partial charge on any atom is 0.307 e. The number of nitrogens with one attached hydrogen (secondary N) is 2. The second-order valence-electron chi connectivity index (χ2n) is 7.52. The second kappa shape index (κ2) is 9.49. The Morgan fingerprint density at radius 3 is 2.59 bits per heavy atom. The van der Waals surface area contributed by atoms with Gasteiger partial charge in [-0.2, -0.15) is 0 Å². The summed E-state index contributed by atoms with van der Waals surface area (Å²) >= 11 is 0. The largest absolute Gasteiger partial charge is 0.452 e. The molecular weight excluding hydrogens is 434 g/mol. The van der Waals surface area contributed by atoms with Crippen LogP contribution in [0.4, 0.5) is 11.4 Å². The van der Waals surface area contributed by atoms with Gasteiger partial charge in [-0.1, -0.05) is 18.2 Å². The zero-order chi connectivity index (χ0) is 23.5. The fourth-order valence-electron chi connectivity index (χ4n) is 3.21. The Morgan fingerprint density at radius 2 is 1.88 bits per heavy atom. The quantitative estimate of drug-likeness (QED) is 0.610. The first-order valence-corrected chi connectivity index (χ1v) is 11.5. The third-order valence-corrected chi connectivity index (χ3v) is 6.56. The van der Waals surface area contributed by atoms with Gasteiger partial charge in [0.25, 0.3) is 5.91 Å². The van der Waals surface area contributed by atoms with Gasteiger partial charge in [-0.3, -0.25) is 19.3 Å². The zero-order valence-electron chi connectivity index (χ0n) is 18.0. The molecule has 1 aliphatic rings. The van der Waals surface area contributed by atoms with Gasteiger partial charge in [0, 0.05) is 6.54 Å². The molecule has 0 radical (unpaired) electrons. The summed E-state index contributed by atoms with van der Waals surface area (Å²) in [4.78, 5) is 38.2. The van der Waals surface area contributed by atoms with E-state index in [1.807, 2.05) is 13.8 Å². The number of rotatable bonds is 7. The number of nitrogens with zero attached hydrogens (tertiary/aromatic N) is 1. The molecule has 0 fully saturated rings. The lowest BCUT2D eigenvalue weighted by Gasteiger charge is -2.30. The number of hydrogen-bond acceptors (Lipinski definition) is 6. The Kier molecular flexibility index (Phi) is 6.95. The number of amides is 2. The van der Waals surface area contributed by atoms with E-state index in [0.29, 0.717) is 11.4 Å². The molecule has 1 heterocycles. The van der Waals surface area contributed by atoms with Crippen molar-refractivity contribution in [2.75, 3.05) is 23.3 Å². The lowest BCUT2D eigenvalue weighted by molar-refractivity contribution is -0.153. The summed E-state index contributed by atoms with van der Waals surface area (Å²) in [5, 5.41) is 2.68. The number of sulfonamides is 1. The van der Waals surface area contributed by atoms with Gasteiger partial charge in [-0.05, 0) is 56.2 Å². The van der Waals surface area contributed by atoms with Crippen LogP contribution in [-0.2, 0) is 29.1 Å². The van der Waals surface area contributed by atoms with Crippen LogP contribution in [0.15, 0.2) is 47.4 Å². The van der Waals surface area contributed by atoms with Crippen LogP contribution in [0.1, 0.15) is 24.5 Å². The van der Waals surface area contributed by atoms with Gasteiger partial charge < -0.3 is 10.1 Å². The average Bonchev–Trinajstić information content (AvgIpc) is 2.74. The van der Waals surface area contributed by atoms with Gasteiger partial charge in [0.2, 0.25) is 15.9 Å². The Balaban J connectivity index is 1.55. The molecule has 0 saturated carbocycles. The Morgan fingerprint density at radius 1 is 1.16 bits per heavy atom. The summed E-state index contributed by atoms with van der Waals surface area (Å²) in [7, 11) is -3.77. The number of esters is 1. The Labute approximate surface area is 186 Å². The number of ether oxygens (including phenoxy) is 1. The van der Waals surface area contributed by atoms with Crippen LogP contribution >= 0.6 is 0 Å². The fourth-order valence-corrected chi connectivity index (χ4v) is 4.32. The predicted octanol–water partition coefficient (Wildman–Crippen LogP) is 1.89. The second-order valence-corrected chi connectivity index (χ2v) is 9.28. The molecule has 2 aromatic carbocycles. The van der Waals surface area contributed by atoms with Crippen LogP contribution in [-0.4, -0.2) is 45.4 Å². The smallest absolute Gasteiger partial charge is 0.307 e. The van der Waals surface area contributed by atoms with Crippen molar-refractivity contribution in [3.8, 4) is 0 Å². The lowest BCUT2D eigenvalue weighted by Crippen LogP contribution is -2.47. The molecule has 1 atom stereocenters. The molecule has 1 unspecified atom stereocenters. The molecule has 0 aliphatic carbocycles. The number of carbonyl (C=O) groups excluding carboxylic acids is 3. The molecule has 2 amide bonds. The highest BCUT2D eigenvalue weighted by molar-refractivity contribution is 7.89. The Hall–Kier alpha value is -3.24. The van der Waals surface area contributed by atoms with E-state index in [4.69, 9.17) is 4.74 Å².